The molecule has 1 unspecified atom stereocenters. The molecule has 1 aromatic carbocycles. The summed E-state index contributed by atoms with van der Waals surface area (Å²) in [7, 11) is 1.59. The van der Waals surface area contributed by atoms with E-state index >= 15 is 0 Å². The molecule has 0 bridgehead atoms. The van der Waals surface area contributed by atoms with Crippen molar-refractivity contribution in [3.05, 3.63) is 34.9 Å². The van der Waals surface area contributed by atoms with Gasteiger partial charge in [-0.2, -0.15) is 0 Å². The van der Waals surface area contributed by atoms with Crippen molar-refractivity contribution >= 4 is 23.4 Å². The highest BCUT2D eigenvalue weighted by Gasteiger charge is 2.27. The first-order valence-electron chi connectivity index (χ1n) is 7.29. The van der Waals surface area contributed by atoms with E-state index in [-0.39, 0.29) is 11.8 Å². The van der Waals surface area contributed by atoms with Crippen LogP contribution in [-0.4, -0.2) is 29.8 Å². The Bertz CT molecular complexity index is 491. The molecule has 21 heavy (non-hydrogen) atoms. The van der Waals surface area contributed by atoms with Crippen LogP contribution in [0.2, 0.25) is 5.02 Å². The van der Waals surface area contributed by atoms with Crippen molar-refractivity contribution in [1.29, 1.82) is 0 Å². The van der Waals surface area contributed by atoms with Gasteiger partial charge in [0.15, 0.2) is 0 Å². The fourth-order valence-electron chi connectivity index (χ4n) is 2.25. The average Bonchev–Trinajstić information content (AvgIpc) is 2.48. The molecule has 1 aromatic rings. The summed E-state index contributed by atoms with van der Waals surface area (Å²) in [6.07, 6.45) is 1.75. The van der Waals surface area contributed by atoms with E-state index in [4.69, 9.17) is 11.6 Å². The predicted octanol–water partition coefficient (Wildman–Crippen LogP) is 2.99. The van der Waals surface area contributed by atoms with Gasteiger partial charge in [-0.3, -0.25) is 9.59 Å². The molecule has 0 aliphatic rings. The van der Waals surface area contributed by atoms with Gasteiger partial charge in [0.1, 0.15) is 6.04 Å². The van der Waals surface area contributed by atoms with Crippen LogP contribution in [0.4, 0.5) is 0 Å². The second kappa shape index (κ2) is 8.67. The molecule has 1 rings (SSSR count). The van der Waals surface area contributed by atoms with Gasteiger partial charge in [-0.05, 0) is 24.5 Å². The lowest BCUT2D eigenvalue weighted by Gasteiger charge is -2.30. The monoisotopic (exact) mass is 310 g/mol. The number of nitrogens with zero attached hydrogens (tertiary/aromatic N) is 1. The zero-order valence-corrected chi connectivity index (χ0v) is 13.6. The quantitative estimate of drug-likeness (QED) is 0.841. The molecule has 0 spiro atoms. The second-order valence-corrected chi connectivity index (χ2v) is 5.31. The van der Waals surface area contributed by atoms with Gasteiger partial charge < -0.3 is 10.2 Å². The first-order valence-corrected chi connectivity index (χ1v) is 7.67. The lowest BCUT2D eigenvalue weighted by molar-refractivity contribution is -0.141. The normalized spacial score (nSPS) is 11.8. The minimum Gasteiger partial charge on any atom is -0.357 e. The molecule has 1 N–H and O–H groups in total. The Hall–Kier alpha value is -1.55. The number of carbonyl (C=O) groups is 2. The van der Waals surface area contributed by atoms with E-state index in [1.54, 1.807) is 18.0 Å². The first-order chi connectivity index (χ1) is 10.0. The third kappa shape index (κ3) is 4.74. The Labute approximate surface area is 131 Å². The number of amides is 2. The van der Waals surface area contributed by atoms with E-state index < -0.39 is 6.04 Å². The van der Waals surface area contributed by atoms with Crippen molar-refractivity contribution in [3.8, 4) is 0 Å². The fourth-order valence-corrected chi connectivity index (χ4v) is 2.45. The number of halogens is 1. The zero-order valence-electron chi connectivity index (χ0n) is 12.9. The molecule has 0 aromatic heterocycles. The van der Waals surface area contributed by atoms with Gasteiger partial charge in [0, 0.05) is 25.0 Å². The van der Waals surface area contributed by atoms with Crippen LogP contribution in [-0.2, 0) is 16.1 Å². The van der Waals surface area contributed by atoms with Crippen molar-refractivity contribution in [2.75, 3.05) is 7.05 Å². The van der Waals surface area contributed by atoms with E-state index in [0.717, 1.165) is 12.0 Å². The Kier molecular flexibility index (Phi) is 7.23. The summed E-state index contributed by atoms with van der Waals surface area (Å²) in [5.41, 5.74) is 0.853. The summed E-state index contributed by atoms with van der Waals surface area (Å²) < 4.78 is 0. The molecule has 0 radical (unpaired) electrons. The molecule has 116 valence electrons. The standard InChI is InChI=1S/C16H23ClN2O2/c1-4-8-15(20)19(14(5-2)16(21)18-3)11-12-9-6-7-10-13(12)17/h6-7,9-10,14H,4-5,8,11H2,1-3H3,(H,18,21). The van der Waals surface area contributed by atoms with Gasteiger partial charge >= 0.3 is 0 Å². The van der Waals surface area contributed by atoms with Gasteiger partial charge in [-0.25, -0.2) is 0 Å². The number of hydrogen-bond acceptors (Lipinski definition) is 2. The van der Waals surface area contributed by atoms with Gasteiger partial charge in [-0.15, -0.1) is 0 Å². The molecule has 0 aliphatic heterocycles. The number of likely N-dealkylation sites (N-methyl/N-ethyl adjacent to an activating group) is 1. The highest BCUT2D eigenvalue weighted by atomic mass is 35.5. The zero-order chi connectivity index (χ0) is 15.8. The van der Waals surface area contributed by atoms with E-state index in [2.05, 4.69) is 5.32 Å². The van der Waals surface area contributed by atoms with Gasteiger partial charge in [0.05, 0.1) is 0 Å². The van der Waals surface area contributed by atoms with Crippen LogP contribution in [0.25, 0.3) is 0 Å². The minimum absolute atomic E-state index is 0.0205. The fraction of sp³-hybridized carbons (Fsp3) is 0.500. The largest absolute Gasteiger partial charge is 0.357 e. The minimum atomic E-state index is -0.467. The highest BCUT2D eigenvalue weighted by molar-refractivity contribution is 6.31. The summed E-state index contributed by atoms with van der Waals surface area (Å²) in [5, 5.41) is 3.24. The summed E-state index contributed by atoms with van der Waals surface area (Å²) >= 11 is 6.17. The topological polar surface area (TPSA) is 49.4 Å². The van der Waals surface area contributed by atoms with Crippen molar-refractivity contribution in [1.82, 2.24) is 10.2 Å². The van der Waals surface area contributed by atoms with Crippen molar-refractivity contribution in [2.24, 2.45) is 0 Å². The van der Waals surface area contributed by atoms with Crippen molar-refractivity contribution < 1.29 is 9.59 Å². The van der Waals surface area contributed by atoms with Crippen LogP contribution in [0.1, 0.15) is 38.7 Å². The molecule has 2 amide bonds. The average molecular weight is 311 g/mol. The van der Waals surface area contributed by atoms with Gasteiger partial charge in [-0.1, -0.05) is 43.6 Å². The van der Waals surface area contributed by atoms with Crippen LogP contribution in [0.5, 0.6) is 0 Å². The van der Waals surface area contributed by atoms with Crippen LogP contribution in [0, 0.1) is 0 Å². The molecular formula is C16H23ClN2O2. The SMILES string of the molecule is CCCC(=O)N(Cc1ccccc1Cl)C(CC)C(=O)NC. The van der Waals surface area contributed by atoms with E-state index in [1.165, 1.54) is 0 Å². The first kappa shape index (κ1) is 17.5. The third-order valence-corrected chi connectivity index (χ3v) is 3.76. The molecule has 0 aliphatic carbocycles. The number of rotatable bonds is 7. The highest BCUT2D eigenvalue weighted by Crippen LogP contribution is 2.20. The third-order valence-electron chi connectivity index (χ3n) is 3.39. The summed E-state index contributed by atoms with van der Waals surface area (Å²) in [5.74, 6) is -0.165. The lowest BCUT2D eigenvalue weighted by atomic mass is 10.1. The second-order valence-electron chi connectivity index (χ2n) is 4.90. The van der Waals surface area contributed by atoms with E-state index in [0.29, 0.717) is 24.4 Å². The molecule has 0 heterocycles. The Balaban J connectivity index is 3.04. The number of nitrogens with one attached hydrogen (secondary N) is 1. The molecule has 4 nitrogen and oxygen atoms in total. The smallest absolute Gasteiger partial charge is 0.242 e. The van der Waals surface area contributed by atoms with Crippen molar-refractivity contribution in [2.45, 2.75) is 45.7 Å². The van der Waals surface area contributed by atoms with E-state index in [9.17, 15) is 9.59 Å². The van der Waals surface area contributed by atoms with Crippen LogP contribution in [0.3, 0.4) is 0 Å². The molecule has 0 saturated carbocycles. The van der Waals surface area contributed by atoms with Crippen LogP contribution < -0.4 is 5.32 Å². The number of hydrogen-bond donors (Lipinski definition) is 1. The molecule has 0 saturated heterocycles. The lowest BCUT2D eigenvalue weighted by Crippen LogP contribution is -2.48. The maximum atomic E-state index is 12.4. The Morgan fingerprint density at radius 2 is 1.95 bits per heavy atom. The maximum absolute atomic E-state index is 12.4. The molecular weight excluding hydrogens is 288 g/mol. The Morgan fingerprint density at radius 3 is 2.48 bits per heavy atom. The summed E-state index contributed by atoms with van der Waals surface area (Å²) in [4.78, 5) is 26.0. The number of benzene rings is 1. The molecule has 1 atom stereocenters. The van der Waals surface area contributed by atoms with Gasteiger partial charge in [0.2, 0.25) is 11.8 Å². The number of carbonyl (C=O) groups excluding carboxylic acids is 2. The maximum Gasteiger partial charge on any atom is 0.242 e. The van der Waals surface area contributed by atoms with E-state index in [1.807, 2.05) is 32.0 Å². The van der Waals surface area contributed by atoms with Crippen molar-refractivity contribution in [3.63, 3.8) is 0 Å². The molecule has 5 heteroatoms. The molecule has 0 fully saturated rings. The Morgan fingerprint density at radius 1 is 1.29 bits per heavy atom. The van der Waals surface area contributed by atoms with Crippen LogP contribution in [0.15, 0.2) is 24.3 Å². The predicted molar refractivity (Wildman–Crippen MR) is 85.1 cm³/mol. The van der Waals surface area contributed by atoms with Gasteiger partial charge in [0.25, 0.3) is 0 Å². The summed E-state index contributed by atoms with van der Waals surface area (Å²) in [6.45, 7) is 4.20. The van der Waals surface area contributed by atoms with Crippen LogP contribution >= 0.6 is 11.6 Å². The summed E-state index contributed by atoms with van der Waals surface area (Å²) in [6, 6.07) is 6.93.